The molecule has 26 heavy (non-hydrogen) atoms. The monoisotopic (exact) mass is 375 g/mol. The van der Waals surface area contributed by atoms with Gasteiger partial charge in [0.25, 0.3) is 5.78 Å². The van der Waals surface area contributed by atoms with Gasteiger partial charge in [0, 0.05) is 18.9 Å². The lowest BCUT2D eigenvalue weighted by Crippen LogP contribution is -2.25. The van der Waals surface area contributed by atoms with Crippen molar-refractivity contribution in [3.8, 4) is 5.75 Å². The van der Waals surface area contributed by atoms with Crippen LogP contribution in [0, 0.1) is 13.8 Å². The maximum atomic E-state index is 12.5. The second kappa shape index (κ2) is 7.38. The Labute approximate surface area is 152 Å². The highest BCUT2D eigenvalue weighted by atomic mass is 32.2. The molecule has 0 atom stereocenters. The molecule has 0 unspecified atom stereocenters. The number of ether oxygens (including phenoxy) is 1. The summed E-state index contributed by atoms with van der Waals surface area (Å²) in [6, 6.07) is 3.24. The topological polar surface area (TPSA) is 98.5 Å². The number of nitrogens with zero attached hydrogens (tertiary/aromatic N) is 4. The van der Waals surface area contributed by atoms with E-state index in [4.69, 9.17) is 4.74 Å². The zero-order valence-electron chi connectivity index (χ0n) is 14.9. The maximum Gasteiger partial charge on any atom is 0.252 e. The van der Waals surface area contributed by atoms with Crippen LogP contribution in [0.15, 0.2) is 35.7 Å². The van der Waals surface area contributed by atoms with E-state index >= 15 is 0 Å². The number of hydrogen-bond donors (Lipinski definition) is 1. The second-order valence-corrected chi connectivity index (χ2v) is 7.83. The first kappa shape index (κ1) is 18.3. The summed E-state index contributed by atoms with van der Waals surface area (Å²) in [6.45, 7) is 4.00. The molecule has 1 aromatic carbocycles. The standard InChI is InChI=1S/C17H21N5O3S/c1-12-7-15(8-13(2)16(12)25-3)26(23,24)21-6-4-5-14-9-18-17-19-11-20-22(17)10-14/h7-11,21H,4-6H2,1-3H3. The van der Waals surface area contributed by atoms with Crippen LogP contribution in [-0.2, 0) is 16.4 Å². The molecular weight excluding hydrogens is 354 g/mol. The maximum absolute atomic E-state index is 12.5. The number of aromatic nitrogens is 4. The Bertz CT molecular complexity index is 1010. The van der Waals surface area contributed by atoms with Crippen molar-refractivity contribution in [3.05, 3.63) is 47.5 Å². The highest BCUT2D eigenvalue weighted by Gasteiger charge is 2.16. The Hall–Kier alpha value is -2.52. The highest BCUT2D eigenvalue weighted by Crippen LogP contribution is 2.26. The molecular formula is C17H21N5O3S. The largest absolute Gasteiger partial charge is 0.496 e. The summed E-state index contributed by atoms with van der Waals surface area (Å²) >= 11 is 0. The molecule has 9 heteroatoms. The van der Waals surface area contributed by atoms with Gasteiger partial charge in [0.15, 0.2) is 0 Å². The number of nitrogens with one attached hydrogen (secondary N) is 1. The third kappa shape index (κ3) is 3.83. The molecule has 3 aromatic rings. The van der Waals surface area contributed by atoms with Crippen LogP contribution in [-0.4, -0.2) is 41.7 Å². The van der Waals surface area contributed by atoms with Crippen molar-refractivity contribution >= 4 is 15.8 Å². The number of fused-ring (bicyclic) bond motifs is 1. The van der Waals surface area contributed by atoms with Gasteiger partial charge >= 0.3 is 0 Å². The summed E-state index contributed by atoms with van der Waals surface area (Å²) in [7, 11) is -1.98. The van der Waals surface area contributed by atoms with Gasteiger partial charge in [0.2, 0.25) is 10.0 Å². The first-order valence-electron chi connectivity index (χ1n) is 8.20. The van der Waals surface area contributed by atoms with Gasteiger partial charge in [-0.25, -0.2) is 22.6 Å². The van der Waals surface area contributed by atoms with Crippen molar-refractivity contribution in [2.75, 3.05) is 13.7 Å². The fourth-order valence-electron chi connectivity index (χ4n) is 2.86. The Morgan fingerprint density at radius 3 is 2.62 bits per heavy atom. The third-order valence-corrected chi connectivity index (χ3v) is 5.51. The van der Waals surface area contributed by atoms with E-state index in [0.717, 1.165) is 16.7 Å². The van der Waals surface area contributed by atoms with Crippen molar-refractivity contribution in [2.24, 2.45) is 0 Å². The zero-order valence-corrected chi connectivity index (χ0v) is 15.7. The predicted molar refractivity (Wildman–Crippen MR) is 96.8 cm³/mol. The minimum absolute atomic E-state index is 0.249. The van der Waals surface area contributed by atoms with Gasteiger partial charge in [-0.3, -0.25) is 0 Å². The molecule has 0 bridgehead atoms. The molecule has 0 aliphatic carbocycles. The lowest BCUT2D eigenvalue weighted by Gasteiger charge is -2.12. The smallest absolute Gasteiger partial charge is 0.252 e. The average molecular weight is 375 g/mol. The van der Waals surface area contributed by atoms with Crippen LogP contribution in [0.4, 0.5) is 0 Å². The fourth-order valence-corrected chi connectivity index (χ4v) is 4.10. The second-order valence-electron chi connectivity index (χ2n) is 6.06. The number of aryl methyl sites for hydroxylation is 3. The fraction of sp³-hybridized carbons (Fsp3) is 0.353. The molecule has 8 nitrogen and oxygen atoms in total. The molecule has 0 radical (unpaired) electrons. The van der Waals surface area contributed by atoms with Gasteiger partial charge in [0.05, 0.1) is 12.0 Å². The van der Waals surface area contributed by atoms with E-state index in [1.165, 1.54) is 6.33 Å². The zero-order chi connectivity index (χ0) is 18.7. The van der Waals surface area contributed by atoms with Gasteiger partial charge in [-0.05, 0) is 55.5 Å². The first-order valence-corrected chi connectivity index (χ1v) is 9.68. The van der Waals surface area contributed by atoms with E-state index in [2.05, 4.69) is 19.8 Å². The summed E-state index contributed by atoms with van der Waals surface area (Å²) < 4.78 is 34.5. The Balaban J connectivity index is 1.61. The molecule has 138 valence electrons. The number of sulfonamides is 1. The van der Waals surface area contributed by atoms with Crippen molar-refractivity contribution in [1.29, 1.82) is 0 Å². The van der Waals surface area contributed by atoms with Gasteiger partial charge in [-0.1, -0.05) is 0 Å². The van der Waals surface area contributed by atoms with Crippen molar-refractivity contribution in [2.45, 2.75) is 31.6 Å². The Kier molecular flexibility index (Phi) is 5.19. The normalized spacial score (nSPS) is 11.8. The van der Waals surface area contributed by atoms with Crippen LogP contribution >= 0.6 is 0 Å². The van der Waals surface area contributed by atoms with E-state index in [1.807, 2.05) is 20.0 Å². The number of rotatable bonds is 7. The number of hydrogen-bond acceptors (Lipinski definition) is 6. The van der Waals surface area contributed by atoms with Crippen LogP contribution in [0.3, 0.4) is 0 Å². The Morgan fingerprint density at radius 2 is 1.92 bits per heavy atom. The van der Waals surface area contributed by atoms with Gasteiger partial charge in [0.1, 0.15) is 12.1 Å². The molecule has 2 heterocycles. The number of methoxy groups -OCH3 is 1. The minimum Gasteiger partial charge on any atom is -0.496 e. The molecule has 3 rings (SSSR count). The molecule has 0 saturated carbocycles. The van der Waals surface area contributed by atoms with E-state index in [9.17, 15) is 8.42 Å². The van der Waals surface area contributed by atoms with E-state index in [-0.39, 0.29) is 4.90 Å². The lowest BCUT2D eigenvalue weighted by atomic mass is 10.1. The summed E-state index contributed by atoms with van der Waals surface area (Å²) in [6.07, 6.45) is 6.36. The number of benzene rings is 1. The molecule has 1 N–H and O–H groups in total. The summed E-state index contributed by atoms with van der Waals surface area (Å²) in [4.78, 5) is 8.43. The van der Waals surface area contributed by atoms with E-state index < -0.39 is 10.0 Å². The highest BCUT2D eigenvalue weighted by molar-refractivity contribution is 7.89. The first-order chi connectivity index (χ1) is 12.4. The summed E-state index contributed by atoms with van der Waals surface area (Å²) in [5, 5.41) is 4.04. The summed E-state index contributed by atoms with van der Waals surface area (Å²) in [5.74, 6) is 1.25. The molecule has 0 aliphatic heterocycles. The molecule has 0 saturated heterocycles. The van der Waals surface area contributed by atoms with Gasteiger partial charge in [-0.15, -0.1) is 0 Å². The summed E-state index contributed by atoms with van der Waals surface area (Å²) in [5.41, 5.74) is 2.55. The van der Waals surface area contributed by atoms with Crippen LogP contribution in [0.1, 0.15) is 23.1 Å². The van der Waals surface area contributed by atoms with Crippen LogP contribution in [0.25, 0.3) is 5.78 Å². The lowest BCUT2D eigenvalue weighted by molar-refractivity contribution is 0.408. The van der Waals surface area contributed by atoms with Crippen LogP contribution in [0.2, 0.25) is 0 Å². The van der Waals surface area contributed by atoms with E-state index in [1.54, 1.807) is 30.0 Å². The third-order valence-electron chi connectivity index (χ3n) is 4.07. The quantitative estimate of drug-likeness (QED) is 0.631. The van der Waals surface area contributed by atoms with Gasteiger partial charge < -0.3 is 4.74 Å². The van der Waals surface area contributed by atoms with Crippen LogP contribution < -0.4 is 9.46 Å². The molecule has 0 amide bonds. The van der Waals surface area contributed by atoms with Crippen molar-refractivity contribution < 1.29 is 13.2 Å². The molecule has 0 aliphatic rings. The van der Waals surface area contributed by atoms with Crippen molar-refractivity contribution in [3.63, 3.8) is 0 Å². The predicted octanol–water partition coefficient (Wildman–Crippen LogP) is 1.66. The van der Waals surface area contributed by atoms with Gasteiger partial charge in [-0.2, -0.15) is 10.1 Å². The Morgan fingerprint density at radius 1 is 1.19 bits per heavy atom. The molecule has 0 spiro atoms. The van der Waals surface area contributed by atoms with Crippen molar-refractivity contribution in [1.82, 2.24) is 24.3 Å². The SMILES string of the molecule is COc1c(C)cc(S(=O)(=O)NCCCc2cnc3ncnn3c2)cc1C. The minimum atomic E-state index is -3.56. The van der Waals surface area contributed by atoms with E-state index in [0.29, 0.717) is 30.9 Å². The average Bonchev–Trinajstić information content (AvgIpc) is 3.06. The molecule has 2 aromatic heterocycles. The molecule has 0 fully saturated rings. The van der Waals surface area contributed by atoms with Crippen LogP contribution in [0.5, 0.6) is 5.75 Å².